The lowest BCUT2D eigenvalue weighted by atomic mass is 9.84. The van der Waals surface area contributed by atoms with Crippen molar-refractivity contribution in [3.8, 4) is 0 Å². The fourth-order valence-corrected chi connectivity index (χ4v) is 1.37. The molecule has 12 heavy (non-hydrogen) atoms. The number of hydrogen-bond donors (Lipinski definition) is 2. The second kappa shape index (κ2) is 3.41. The molecule has 0 radical (unpaired) electrons. The highest BCUT2D eigenvalue weighted by atomic mass is 16.5. The van der Waals surface area contributed by atoms with Crippen LogP contribution in [0.25, 0.3) is 0 Å². The van der Waals surface area contributed by atoms with E-state index in [-0.39, 0.29) is 6.61 Å². The molecule has 70 valence electrons. The molecule has 0 amide bonds. The van der Waals surface area contributed by atoms with E-state index in [2.05, 4.69) is 0 Å². The molecule has 4 nitrogen and oxygen atoms in total. The SMILES string of the molecule is CC(C(=O)O)C1(O)CCCOC1. The molecule has 1 saturated heterocycles. The quantitative estimate of drug-likeness (QED) is 0.629. The first kappa shape index (κ1) is 9.48. The van der Waals surface area contributed by atoms with E-state index in [1.165, 1.54) is 6.92 Å². The maximum absolute atomic E-state index is 10.6. The van der Waals surface area contributed by atoms with E-state index in [1.807, 2.05) is 0 Å². The number of aliphatic carboxylic acids is 1. The molecule has 0 aromatic heterocycles. The van der Waals surface area contributed by atoms with Crippen LogP contribution in [0.4, 0.5) is 0 Å². The van der Waals surface area contributed by atoms with E-state index >= 15 is 0 Å². The van der Waals surface area contributed by atoms with Gasteiger partial charge < -0.3 is 14.9 Å². The predicted molar refractivity (Wildman–Crippen MR) is 41.8 cm³/mol. The van der Waals surface area contributed by atoms with Gasteiger partial charge in [0.05, 0.1) is 12.5 Å². The van der Waals surface area contributed by atoms with Gasteiger partial charge >= 0.3 is 5.97 Å². The van der Waals surface area contributed by atoms with Gasteiger partial charge in [0.2, 0.25) is 0 Å². The van der Waals surface area contributed by atoms with Crippen LogP contribution in [0.3, 0.4) is 0 Å². The van der Waals surface area contributed by atoms with E-state index in [0.29, 0.717) is 13.0 Å². The van der Waals surface area contributed by atoms with Crippen molar-refractivity contribution in [2.75, 3.05) is 13.2 Å². The summed E-state index contributed by atoms with van der Waals surface area (Å²) in [5, 5.41) is 18.5. The number of rotatable bonds is 2. The zero-order chi connectivity index (χ0) is 9.19. The summed E-state index contributed by atoms with van der Waals surface area (Å²) in [5.41, 5.74) is -1.16. The maximum atomic E-state index is 10.6. The second-order valence-electron chi connectivity index (χ2n) is 3.32. The highest BCUT2D eigenvalue weighted by Crippen LogP contribution is 2.27. The van der Waals surface area contributed by atoms with Crippen LogP contribution in [-0.2, 0) is 9.53 Å². The molecule has 1 aliphatic heterocycles. The highest BCUT2D eigenvalue weighted by Gasteiger charge is 2.39. The molecule has 2 unspecified atom stereocenters. The normalized spacial score (nSPS) is 32.8. The Morgan fingerprint density at radius 2 is 2.33 bits per heavy atom. The summed E-state index contributed by atoms with van der Waals surface area (Å²) in [4.78, 5) is 10.6. The fourth-order valence-electron chi connectivity index (χ4n) is 1.37. The van der Waals surface area contributed by atoms with Gasteiger partial charge in [0, 0.05) is 6.61 Å². The molecule has 2 N–H and O–H groups in total. The molecular formula is C8H14O4. The number of carboxylic acids is 1. The van der Waals surface area contributed by atoms with Crippen LogP contribution in [0.15, 0.2) is 0 Å². The summed E-state index contributed by atoms with van der Waals surface area (Å²) < 4.78 is 5.04. The summed E-state index contributed by atoms with van der Waals surface area (Å²) in [6, 6.07) is 0. The second-order valence-corrected chi connectivity index (χ2v) is 3.32. The number of ether oxygens (including phenoxy) is 1. The monoisotopic (exact) mass is 174 g/mol. The van der Waals surface area contributed by atoms with Gasteiger partial charge in [-0.2, -0.15) is 0 Å². The molecule has 0 spiro atoms. The van der Waals surface area contributed by atoms with Crippen LogP contribution >= 0.6 is 0 Å². The largest absolute Gasteiger partial charge is 0.481 e. The van der Waals surface area contributed by atoms with Crippen molar-refractivity contribution < 1.29 is 19.7 Å². The van der Waals surface area contributed by atoms with Gasteiger partial charge in [0.15, 0.2) is 0 Å². The first-order valence-electron chi connectivity index (χ1n) is 4.09. The van der Waals surface area contributed by atoms with E-state index in [9.17, 15) is 9.90 Å². The van der Waals surface area contributed by atoms with Crippen molar-refractivity contribution >= 4 is 5.97 Å². The lowest BCUT2D eigenvalue weighted by Gasteiger charge is -2.34. The molecule has 0 saturated carbocycles. The molecule has 0 aromatic carbocycles. The van der Waals surface area contributed by atoms with Crippen molar-refractivity contribution in [1.29, 1.82) is 0 Å². The van der Waals surface area contributed by atoms with Crippen LogP contribution in [-0.4, -0.2) is 35.0 Å². The Hall–Kier alpha value is -0.610. The van der Waals surface area contributed by atoms with E-state index in [4.69, 9.17) is 9.84 Å². The molecule has 0 aromatic rings. The molecule has 1 fully saturated rings. The number of aliphatic hydroxyl groups is 1. The summed E-state index contributed by atoms with van der Waals surface area (Å²) >= 11 is 0. The summed E-state index contributed by atoms with van der Waals surface area (Å²) in [7, 11) is 0. The smallest absolute Gasteiger partial charge is 0.309 e. The molecule has 0 bridgehead atoms. The van der Waals surface area contributed by atoms with E-state index < -0.39 is 17.5 Å². The van der Waals surface area contributed by atoms with Crippen molar-refractivity contribution in [2.24, 2.45) is 5.92 Å². The van der Waals surface area contributed by atoms with Crippen molar-refractivity contribution in [3.63, 3.8) is 0 Å². The molecular weight excluding hydrogens is 160 g/mol. The summed E-state index contributed by atoms with van der Waals surface area (Å²) in [6.45, 7) is 2.27. The van der Waals surface area contributed by atoms with Gasteiger partial charge in [-0.15, -0.1) is 0 Å². The van der Waals surface area contributed by atoms with Crippen LogP contribution in [0.5, 0.6) is 0 Å². The zero-order valence-electron chi connectivity index (χ0n) is 7.12. The minimum absolute atomic E-state index is 0.139. The third-order valence-electron chi connectivity index (χ3n) is 2.43. The summed E-state index contributed by atoms with van der Waals surface area (Å²) in [6.07, 6.45) is 1.24. The topological polar surface area (TPSA) is 66.8 Å². The van der Waals surface area contributed by atoms with Gasteiger partial charge in [-0.25, -0.2) is 0 Å². The summed E-state index contributed by atoms with van der Waals surface area (Å²) in [5.74, 6) is -1.72. The Morgan fingerprint density at radius 3 is 2.75 bits per heavy atom. The Kier molecular flexibility index (Phi) is 2.69. The first-order chi connectivity index (χ1) is 5.56. The fraction of sp³-hybridized carbons (Fsp3) is 0.875. The van der Waals surface area contributed by atoms with E-state index in [0.717, 1.165) is 6.42 Å². The molecule has 0 aliphatic carbocycles. The molecule has 1 aliphatic rings. The Bertz CT molecular complexity index is 172. The Balaban J connectivity index is 2.62. The third-order valence-corrected chi connectivity index (χ3v) is 2.43. The van der Waals surface area contributed by atoms with Gasteiger partial charge in [-0.05, 0) is 19.8 Å². The highest BCUT2D eigenvalue weighted by molar-refractivity contribution is 5.71. The minimum atomic E-state index is -1.16. The molecule has 1 rings (SSSR count). The Morgan fingerprint density at radius 1 is 1.67 bits per heavy atom. The standard InChI is InChI=1S/C8H14O4/c1-6(7(9)10)8(11)3-2-4-12-5-8/h6,11H,2-5H2,1H3,(H,9,10). The van der Waals surface area contributed by atoms with Crippen LogP contribution < -0.4 is 0 Å². The van der Waals surface area contributed by atoms with Crippen LogP contribution in [0.2, 0.25) is 0 Å². The average molecular weight is 174 g/mol. The zero-order valence-corrected chi connectivity index (χ0v) is 7.12. The van der Waals surface area contributed by atoms with Gasteiger partial charge in [-0.1, -0.05) is 0 Å². The predicted octanol–water partition coefficient (Wildman–Crippen LogP) is 0.249. The number of carbonyl (C=O) groups is 1. The Labute approximate surface area is 71.2 Å². The third kappa shape index (κ3) is 1.76. The minimum Gasteiger partial charge on any atom is -0.481 e. The van der Waals surface area contributed by atoms with Crippen molar-refractivity contribution in [2.45, 2.75) is 25.4 Å². The maximum Gasteiger partial charge on any atom is 0.309 e. The van der Waals surface area contributed by atoms with Crippen LogP contribution in [0, 0.1) is 5.92 Å². The van der Waals surface area contributed by atoms with Crippen molar-refractivity contribution in [1.82, 2.24) is 0 Å². The first-order valence-corrected chi connectivity index (χ1v) is 4.09. The molecule has 1 heterocycles. The van der Waals surface area contributed by atoms with Crippen molar-refractivity contribution in [3.05, 3.63) is 0 Å². The van der Waals surface area contributed by atoms with Gasteiger partial charge in [0.25, 0.3) is 0 Å². The molecule has 2 atom stereocenters. The lowest BCUT2D eigenvalue weighted by Crippen LogP contribution is -2.47. The number of carboxylic acid groups (broad SMARTS) is 1. The molecule has 4 heteroatoms. The number of hydrogen-bond acceptors (Lipinski definition) is 3. The van der Waals surface area contributed by atoms with Gasteiger partial charge in [-0.3, -0.25) is 4.79 Å². The van der Waals surface area contributed by atoms with Gasteiger partial charge in [0.1, 0.15) is 5.60 Å². The lowest BCUT2D eigenvalue weighted by molar-refractivity contribution is -0.163. The van der Waals surface area contributed by atoms with E-state index in [1.54, 1.807) is 0 Å². The average Bonchev–Trinajstić information content (AvgIpc) is 2.04. The van der Waals surface area contributed by atoms with Crippen LogP contribution in [0.1, 0.15) is 19.8 Å².